The van der Waals surface area contributed by atoms with Gasteiger partial charge in [-0.1, -0.05) is 73.5 Å². The minimum atomic E-state index is -0.430. The van der Waals surface area contributed by atoms with Crippen LogP contribution in [0.5, 0.6) is 5.75 Å². The Morgan fingerprint density at radius 1 is 1.04 bits per heavy atom. The summed E-state index contributed by atoms with van der Waals surface area (Å²) in [6.45, 7) is 0. The second-order valence-corrected chi connectivity index (χ2v) is 8.22. The summed E-state index contributed by atoms with van der Waals surface area (Å²) >= 11 is 1.71. The summed E-state index contributed by atoms with van der Waals surface area (Å²) in [5.41, 5.74) is 1.97. The number of aromatic hydroxyl groups is 1. The van der Waals surface area contributed by atoms with Gasteiger partial charge in [0.1, 0.15) is 11.5 Å². The number of thioether (sulfide) groups is 1. The number of rotatable bonds is 7. The highest BCUT2D eigenvalue weighted by Gasteiger charge is 2.30. The van der Waals surface area contributed by atoms with Gasteiger partial charge in [-0.15, -0.1) is 11.8 Å². The van der Waals surface area contributed by atoms with Gasteiger partial charge in [0, 0.05) is 22.6 Å². The van der Waals surface area contributed by atoms with Gasteiger partial charge in [0.05, 0.1) is 5.56 Å². The average Bonchev–Trinajstić information content (AvgIpc) is 3.51. The zero-order valence-electron chi connectivity index (χ0n) is 15.0. The highest BCUT2D eigenvalue weighted by molar-refractivity contribution is 7.98. The van der Waals surface area contributed by atoms with Crippen LogP contribution in [0.3, 0.4) is 0 Å². The molecule has 3 aromatic rings. The van der Waals surface area contributed by atoms with Crippen LogP contribution in [-0.2, 0) is 5.75 Å². The van der Waals surface area contributed by atoms with E-state index in [-0.39, 0.29) is 11.0 Å². The van der Waals surface area contributed by atoms with Crippen LogP contribution in [0, 0.1) is 5.92 Å². The molecule has 1 aliphatic rings. The average molecular weight is 378 g/mol. The third-order valence-electron chi connectivity index (χ3n) is 4.88. The smallest absolute Gasteiger partial charge is 0.344 e. The first kappa shape index (κ1) is 17.9. The largest absolute Gasteiger partial charge is 0.507 e. The lowest BCUT2D eigenvalue weighted by Crippen LogP contribution is -2.12. The molecule has 0 spiro atoms. The van der Waals surface area contributed by atoms with E-state index in [1.165, 1.54) is 18.4 Å². The van der Waals surface area contributed by atoms with Gasteiger partial charge in [-0.05, 0) is 17.9 Å². The molecule has 1 atom stereocenters. The van der Waals surface area contributed by atoms with Crippen LogP contribution >= 0.6 is 11.8 Å². The van der Waals surface area contributed by atoms with E-state index < -0.39 is 5.63 Å². The Kier molecular flexibility index (Phi) is 5.35. The second kappa shape index (κ2) is 8.05. The predicted octanol–water partition coefficient (Wildman–Crippen LogP) is 5.79. The zero-order valence-corrected chi connectivity index (χ0v) is 15.8. The molecule has 0 radical (unpaired) electrons. The van der Waals surface area contributed by atoms with Crippen molar-refractivity contribution in [3.63, 3.8) is 0 Å². The highest BCUT2D eigenvalue weighted by atomic mass is 32.2. The number of benzene rings is 2. The van der Waals surface area contributed by atoms with E-state index in [2.05, 4.69) is 12.1 Å². The molecule has 1 aromatic heterocycles. The van der Waals surface area contributed by atoms with Crippen molar-refractivity contribution in [1.82, 2.24) is 0 Å². The molecule has 2 aromatic carbocycles. The lowest BCUT2D eigenvalue weighted by atomic mass is 10.1. The van der Waals surface area contributed by atoms with E-state index >= 15 is 0 Å². The zero-order chi connectivity index (χ0) is 18.6. The van der Waals surface area contributed by atoms with Gasteiger partial charge in [0.15, 0.2) is 0 Å². The Bertz CT molecular complexity index is 946. The van der Waals surface area contributed by atoms with E-state index in [0.717, 1.165) is 17.7 Å². The number of hydrogen-bond donors (Lipinski definition) is 1. The quantitative estimate of drug-likeness (QED) is 0.565. The minimum absolute atomic E-state index is 0.0383. The first-order chi connectivity index (χ1) is 13.2. The van der Waals surface area contributed by atoms with E-state index in [1.54, 1.807) is 17.8 Å². The lowest BCUT2D eigenvalue weighted by Gasteiger charge is -2.17. The molecule has 1 heterocycles. The summed E-state index contributed by atoms with van der Waals surface area (Å²) < 4.78 is 5.58. The van der Waals surface area contributed by atoms with Crippen molar-refractivity contribution in [1.29, 1.82) is 0 Å². The Labute approximate surface area is 163 Å². The van der Waals surface area contributed by atoms with Gasteiger partial charge in [-0.25, -0.2) is 4.79 Å². The predicted molar refractivity (Wildman–Crippen MR) is 110 cm³/mol. The third kappa shape index (κ3) is 4.45. The van der Waals surface area contributed by atoms with Gasteiger partial charge in [-0.3, -0.25) is 0 Å². The third-order valence-corrected chi connectivity index (χ3v) is 6.22. The van der Waals surface area contributed by atoms with Crippen molar-refractivity contribution in [3.8, 4) is 17.1 Å². The fourth-order valence-electron chi connectivity index (χ4n) is 3.23. The van der Waals surface area contributed by atoms with Gasteiger partial charge in [-0.2, -0.15) is 0 Å². The van der Waals surface area contributed by atoms with Crippen LogP contribution in [0.2, 0.25) is 0 Å². The summed E-state index contributed by atoms with van der Waals surface area (Å²) in [6, 6.07) is 21.2. The summed E-state index contributed by atoms with van der Waals surface area (Å²) in [5.74, 6) is 1.89. The van der Waals surface area contributed by atoms with Crippen LogP contribution in [0.4, 0.5) is 0 Å². The fourth-order valence-corrected chi connectivity index (χ4v) is 4.61. The fraction of sp³-hybridized carbons (Fsp3) is 0.261. The Morgan fingerprint density at radius 3 is 2.33 bits per heavy atom. The molecule has 138 valence electrons. The number of hydrogen-bond acceptors (Lipinski definition) is 4. The molecule has 1 fully saturated rings. The Balaban J connectivity index is 1.62. The molecule has 27 heavy (non-hydrogen) atoms. The molecule has 4 rings (SSSR count). The maximum Gasteiger partial charge on any atom is 0.344 e. The van der Waals surface area contributed by atoms with Crippen LogP contribution in [0.25, 0.3) is 11.3 Å². The summed E-state index contributed by atoms with van der Waals surface area (Å²) in [7, 11) is 0. The summed E-state index contributed by atoms with van der Waals surface area (Å²) in [5, 5.41) is 10.6. The van der Waals surface area contributed by atoms with Crippen LogP contribution < -0.4 is 5.63 Å². The first-order valence-electron chi connectivity index (χ1n) is 9.28. The lowest BCUT2D eigenvalue weighted by molar-refractivity contribution is 0.437. The molecular weight excluding hydrogens is 356 g/mol. The van der Waals surface area contributed by atoms with Crippen molar-refractivity contribution < 1.29 is 9.52 Å². The van der Waals surface area contributed by atoms with Gasteiger partial charge >= 0.3 is 5.63 Å². The second-order valence-electron chi connectivity index (χ2n) is 7.03. The van der Waals surface area contributed by atoms with Gasteiger partial charge in [0.2, 0.25) is 0 Å². The van der Waals surface area contributed by atoms with Crippen LogP contribution in [-0.4, -0.2) is 5.11 Å². The molecule has 1 N–H and O–H groups in total. The van der Waals surface area contributed by atoms with E-state index in [1.807, 2.05) is 48.5 Å². The highest BCUT2D eigenvalue weighted by Crippen LogP contribution is 2.46. The summed E-state index contributed by atoms with van der Waals surface area (Å²) in [6.07, 6.45) is 3.31. The first-order valence-corrected chi connectivity index (χ1v) is 10.3. The van der Waals surface area contributed by atoms with Crippen molar-refractivity contribution in [2.45, 2.75) is 30.3 Å². The Hall–Kier alpha value is -2.46. The molecular formula is C23H22O3S. The van der Waals surface area contributed by atoms with E-state index in [0.29, 0.717) is 17.2 Å². The molecule has 0 amide bonds. The van der Waals surface area contributed by atoms with E-state index in [9.17, 15) is 9.90 Å². The van der Waals surface area contributed by atoms with Crippen molar-refractivity contribution >= 4 is 11.8 Å². The monoisotopic (exact) mass is 378 g/mol. The molecule has 4 heteroatoms. The van der Waals surface area contributed by atoms with Gasteiger partial charge in [0.25, 0.3) is 0 Å². The maximum atomic E-state index is 12.7. The molecule has 0 aliphatic heterocycles. The summed E-state index contributed by atoms with van der Waals surface area (Å²) in [4.78, 5) is 12.7. The molecule has 0 bridgehead atoms. The SMILES string of the molecule is O=c1oc(-c2ccccc2)cc(O)c1[C@H](CC1CC1)SCc1ccccc1. The molecule has 3 nitrogen and oxygen atoms in total. The van der Waals surface area contributed by atoms with Gasteiger partial charge < -0.3 is 9.52 Å². The standard InChI is InChI=1S/C23H22O3S/c24-19-14-20(18-9-5-2-6-10-18)26-23(25)22(19)21(13-16-11-12-16)27-15-17-7-3-1-4-8-17/h1-10,14,16,21,24H,11-13,15H2/t21-/m0/s1. The molecule has 1 saturated carbocycles. The topological polar surface area (TPSA) is 50.4 Å². The Morgan fingerprint density at radius 2 is 1.70 bits per heavy atom. The molecule has 0 saturated heterocycles. The normalized spacial score (nSPS) is 14.8. The maximum absolute atomic E-state index is 12.7. The van der Waals surface area contributed by atoms with Crippen LogP contribution in [0.15, 0.2) is 75.9 Å². The van der Waals surface area contributed by atoms with E-state index in [4.69, 9.17) is 4.42 Å². The molecule has 0 unspecified atom stereocenters. The minimum Gasteiger partial charge on any atom is -0.507 e. The van der Waals surface area contributed by atoms with Crippen LogP contribution in [0.1, 0.15) is 35.6 Å². The van der Waals surface area contributed by atoms with Crippen molar-refractivity contribution in [3.05, 3.63) is 88.3 Å². The molecule has 1 aliphatic carbocycles. The van der Waals surface area contributed by atoms with Crippen molar-refractivity contribution in [2.24, 2.45) is 5.92 Å². The van der Waals surface area contributed by atoms with Crippen molar-refractivity contribution in [2.75, 3.05) is 0 Å².